The molecule has 0 fully saturated rings. The molecular formula is C11H11NO4. The summed E-state index contributed by atoms with van der Waals surface area (Å²) in [5, 5.41) is 17.1. The highest BCUT2D eigenvalue weighted by molar-refractivity contribution is 5.89. The first-order valence-electron chi connectivity index (χ1n) is 4.52. The van der Waals surface area contributed by atoms with Gasteiger partial charge in [-0.3, -0.25) is 4.79 Å². The molecule has 0 bridgehead atoms. The summed E-state index contributed by atoms with van der Waals surface area (Å²) in [6, 6.07) is 4.29. The molecule has 0 aromatic heterocycles. The molecule has 0 amide bonds. The van der Waals surface area contributed by atoms with Gasteiger partial charge in [0.25, 0.3) is 0 Å². The van der Waals surface area contributed by atoms with Crippen LogP contribution in [0.4, 0.5) is 5.69 Å². The van der Waals surface area contributed by atoms with Crippen LogP contribution in [0.3, 0.4) is 0 Å². The maximum atomic E-state index is 10.6. The van der Waals surface area contributed by atoms with E-state index in [1.54, 1.807) is 6.08 Å². The Kier molecular flexibility index (Phi) is 3.66. The van der Waals surface area contributed by atoms with Crippen molar-refractivity contribution < 1.29 is 19.8 Å². The Labute approximate surface area is 91.8 Å². The van der Waals surface area contributed by atoms with E-state index in [1.807, 2.05) is 0 Å². The lowest BCUT2D eigenvalue weighted by Gasteiger charge is -2.01. The molecule has 1 rings (SSSR count). The van der Waals surface area contributed by atoms with Gasteiger partial charge < -0.3 is 15.9 Å². The number of carboxylic acid groups (broad SMARTS) is 2. The highest BCUT2D eigenvalue weighted by Gasteiger charge is 2.04. The number of carboxylic acids is 2. The number of benzene rings is 1. The molecule has 4 N–H and O–H groups in total. The first kappa shape index (κ1) is 11.8. The van der Waals surface area contributed by atoms with Gasteiger partial charge >= 0.3 is 11.9 Å². The van der Waals surface area contributed by atoms with Gasteiger partial charge in [0.15, 0.2) is 0 Å². The Morgan fingerprint density at radius 3 is 2.50 bits per heavy atom. The van der Waals surface area contributed by atoms with Gasteiger partial charge in [-0.25, -0.2) is 4.79 Å². The Morgan fingerprint density at radius 1 is 1.31 bits per heavy atom. The Bertz CT molecular complexity index is 451. The van der Waals surface area contributed by atoms with Gasteiger partial charge in [0.2, 0.25) is 0 Å². The predicted octanol–water partition coefficient (Wildman–Crippen LogP) is 1.45. The summed E-state index contributed by atoms with van der Waals surface area (Å²) >= 11 is 0. The topological polar surface area (TPSA) is 101 Å². The lowest BCUT2D eigenvalue weighted by molar-refractivity contribution is -0.135. The number of aliphatic carboxylic acids is 1. The summed E-state index contributed by atoms with van der Waals surface area (Å²) in [5.41, 5.74) is 6.63. The van der Waals surface area contributed by atoms with Crippen molar-refractivity contribution in [2.24, 2.45) is 0 Å². The number of hydrogen-bond acceptors (Lipinski definition) is 3. The van der Waals surface area contributed by atoms with Crippen molar-refractivity contribution in [2.75, 3.05) is 5.73 Å². The number of rotatable bonds is 4. The van der Waals surface area contributed by atoms with E-state index >= 15 is 0 Å². The summed E-state index contributed by atoms with van der Waals surface area (Å²) < 4.78 is 0. The van der Waals surface area contributed by atoms with Crippen molar-refractivity contribution in [1.29, 1.82) is 0 Å². The van der Waals surface area contributed by atoms with Crippen LogP contribution in [-0.4, -0.2) is 22.2 Å². The molecule has 0 aliphatic heterocycles. The van der Waals surface area contributed by atoms with Crippen molar-refractivity contribution in [3.63, 3.8) is 0 Å². The standard InChI is InChI=1S/C11H11NO4/c12-9-6-8(11(15)16)5-4-7(9)2-1-3-10(13)14/h1-2,4-6H,3,12H2,(H,13,14)(H,15,16). The third kappa shape index (κ3) is 3.13. The fraction of sp³-hybridized carbons (Fsp3) is 0.0909. The molecule has 84 valence electrons. The second-order valence-electron chi connectivity index (χ2n) is 3.15. The van der Waals surface area contributed by atoms with Crippen LogP contribution >= 0.6 is 0 Å². The zero-order valence-corrected chi connectivity index (χ0v) is 8.38. The highest BCUT2D eigenvalue weighted by atomic mass is 16.4. The van der Waals surface area contributed by atoms with Crippen LogP contribution in [0.1, 0.15) is 22.3 Å². The molecule has 0 saturated carbocycles. The van der Waals surface area contributed by atoms with Crippen LogP contribution in [0, 0.1) is 0 Å². The third-order valence-corrected chi connectivity index (χ3v) is 1.92. The van der Waals surface area contributed by atoms with Crippen LogP contribution in [0.5, 0.6) is 0 Å². The molecular weight excluding hydrogens is 210 g/mol. The van der Waals surface area contributed by atoms with Gasteiger partial charge in [0, 0.05) is 5.69 Å². The number of nitrogens with two attached hydrogens (primary N) is 1. The normalized spacial score (nSPS) is 10.5. The number of aromatic carboxylic acids is 1. The van der Waals surface area contributed by atoms with Gasteiger partial charge in [-0.2, -0.15) is 0 Å². The van der Waals surface area contributed by atoms with E-state index in [4.69, 9.17) is 15.9 Å². The van der Waals surface area contributed by atoms with Crippen molar-refractivity contribution in [3.05, 3.63) is 35.4 Å². The largest absolute Gasteiger partial charge is 0.481 e. The summed E-state index contributed by atoms with van der Waals surface area (Å²) in [6.07, 6.45) is 2.91. The smallest absolute Gasteiger partial charge is 0.335 e. The minimum atomic E-state index is -1.05. The van der Waals surface area contributed by atoms with Gasteiger partial charge in [-0.15, -0.1) is 0 Å². The number of carbonyl (C=O) groups is 2. The molecule has 0 heterocycles. The minimum absolute atomic E-state index is 0.0971. The van der Waals surface area contributed by atoms with Gasteiger partial charge in [-0.05, 0) is 17.7 Å². The zero-order chi connectivity index (χ0) is 12.1. The molecule has 0 aliphatic carbocycles. The first-order valence-corrected chi connectivity index (χ1v) is 4.52. The quantitative estimate of drug-likeness (QED) is 0.668. The zero-order valence-electron chi connectivity index (χ0n) is 8.38. The molecule has 1 aromatic carbocycles. The molecule has 0 saturated heterocycles. The first-order chi connectivity index (χ1) is 7.50. The third-order valence-electron chi connectivity index (χ3n) is 1.92. The lowest BCUT2D eigenvalue weighted by Crippen LogP contribution is -1.99. The summed E-state index contributed by atoms with van der Waals surface area (Å²) in [6.45, 7) is 0. The van der Waals surface area contributed by atoms with Gasteiger partial charge in [0.05, 0.1) is 12.0 Å². The second kappa shape index (κ2) is 4.97. The van der Waals surface area contributed by atoms with Gasteiger partial charge in [0.1, 0.15) is 0 Å². The maximum absolute atomic E-state index is 10.6. The second-order valence-corrected chi connectivity index (χ2v) is 3.15. The molecule has 5 heteroatoms. The monoisotopic (exact) mass is 221 g/mol. The van der Waals surface area contributed by atoms with E-state index in [9.17, 15) is 9.59 Å². The fourth-order valence-electron chi connectivity index (χ4n) is 1.15. The molecule has 0 spiro atoms. The molecule has 16 heavy (non-hydrogen) atoms. The van der Waals surface area contributed by atoms with Crippen molar-refractivity contribution >= 4 is 23.7 Å². The number of nitrogen functional groups attached to an aromatic ring is 1. The molecule has 0 atom stereocenters. The Balaban J connectivity index is 2.87. The van der Waals surface area contributed by atoms with E-state index in [2.05, 4.69) is 0 Å². The van der Waals surface area contributed by atoms with Crippen molar-refractivity contribution in [3.8, 4) is 0 Å². The predicted molar refractivity (Wildman–Crippen MR) is 59.1 cm³/mol. The minimum Gasteiger partial charge on any atom is -0.481 e. The summed E-state index contributed by atoms with van der Waals surface area (Å²) in [4.78, 5) is 20.9. The van der Waals surface area contributed by atoms with E-state index in [-0.39, 0.29) is 12.0 Å². The van der Waals surface area contributed by atoms with Crippen LogP contribution < -0.4 is 5.73 Å². The molecule has 0 unspecified atom stereocenters. The van der Waals surface area contributed by atoms with Crippen molar-refractivity contribution in [2.45, 2.75) is 6.42 Å². The number of hydrogen-bond donors (Lipinski definition) is 3. The van der Waals surface area contributed by atoms with Crippen LogP contribution in [-0.2, 0) is 4.79 Å². The van der Waals surface area contributed by atoms with Crippen LogP contribution in [0.15, 0.2) is 24.3 Å². The van der Waals surface area contributed by atoms with E-state index in [0.717, 1.165) is 0 Å². The molecule has 1 aromatic rings. The maximum Gasteiger partial charge on any atom is 0.335 e. The van der Waals surface area contributed by atoms with Crippen LogP contribution in [0.25, 0.3) is 6.08 Å². The van der Waals surface area contributed by atoms with E-state index < -0.39 is 11.9 Å². The SMILES string of the molecule is Nc1cc(C(=O)O)ccc1C=CCC(=O)O. The highest BCUT2D eigenvalue weighted by Crippen LogP contribution is 2.16. The fourth-order valence-corrected chi connectivity index (χ4v) is 1.15. The molecule has 0 aliphatic rings. The van der Waals surface area contributed by atoms with Gasteiger partial charge in [-0.1, -0.05) is 18.2 Å². The van der Waals surface area contributed by atoms with Crippen LogP contribution in [0.2, 0.25) is 0 Å². The number of anilines is 1. The molecule has 0 radical (unpaired) electrons. The summed E-state index contributed by atoms with van der Waals surface area (Å²) in [5.74, 6) is -1.98. The average molecular weight is 221 g/mol. The van der Waals surface area contributed by atoms with E-state index in [1.165, 1.54) is 24.3 Å². The Hall–Kier alpha value is -2.30. The van der Waals surface area contributed by atoms with E-state index in [0.29, 0.717) is 11.3 Å². The summed E-state index contributed by atoms with van der Waals surface area (Å²) in [7, 11) is 0. The Morgan fingerprint density at radius 2 is 2.00 bits per heavy atom. The van der Waals surface area contributed by atoms with Crippen molar-refractivity contribution in [1.82, 2.24) is 0 Å². The molecule has 5 nitrogen and oxygen atoms in total. The average Bonchev–Trinajstić information content (AvgIpc) is 2.19. The lowest BCUT2D eigenvalue weighted by atomic mass is 10.1.